The van der Waals surface area contributed by atoms with Gasteiger partial charge in [0.2, 0.25) is 12.1 Å². The van der Waals surface area contributed by atoms with Crippen molar-refractivity contribution in [2.45, 2.75) is 45.1 Å². The zero-order chi connectivity index (χ0) is 20.0. The fraction of sp³-hybridized carbons (Fsp3) is 0.450. The van der Waals surface area contributed by atoms with Gasteiger partial charge in [0.15, 0.2) is 0 Å². The van der Waals surface area contributed by atoms with Crippen LogP contribution >= 0.6 is 0 Å². The highest BCUT2D eigenvalue weighted by molar-refractivity contribution is 6.04. The number of amides is 1. The molecule has 8 heteroatoms. The molecule has 2 aliphatic rings. The van der Waals surface area contributed by atoms with Crippen molar-refractivity contribution in [1.29, 1.82) is 0 Å². The van der Waals surface area contributed by atoms with Crippen LogP contribution in [0.2, 0.25) is 0 Å². The van der Waals surface area contributed by atoms with Crippen molar-refractivity contribution in [2.75, 3.05) is 6.61 Å². The van der Waals surface area contributed by atoms with Crippen molar-refractivity contribution >= 4 is 22.6 Å². The molecule has 2 aromatic rings. The predicted molar refractivity (Wildman–Crippen MR) is 98.1 cm³/mol. The Morgan fingerprint density at radius 1 is 1.43 bits per heavy atom. The Morgan fingerprint density at radius 2 is 2.21 bits per heavy atom. The van der Waals surface area contributed by atoms with Gasteiger partial charge in [0.1, 0.15) is 24.6 Å². The van der Waals surface area contributed by atoms with Crippen LogP contribution in [-0.2, 0) is 16.0 Å². The van der Waals surface area contributed by atoms with E-state index in [1.165, 1.54) is 0 Å². The molecule has 2 aliphatic heterocycles. The third-order valence-corrected chi connectivity index (χ3v) is 5.35. The summed E-state index contributed by atoms with van der Waals surface area (Å²) in [5, 5.41) is 1.47. The average molecular weight is 388 g/mol. The van der Waals surface area contributed by atoms with E-state index in [1.54, 1.807) is 25.3 Å². The molecule has 1 aromatic carbocycles. The molecule has 4 atom stereocenters. The number of pyridine rings is 1. The number of cyclic esters (lactones) is 1. The van der Waals surface area contributed by atoms with Crippen LogP contribution in [0.5, 0.6) is 11.6 Å². The largest absolute Gasteiger partial charge is 0.489 e. The number of benzene rings is 1. The second-order valence-corrected chi connectivity index (χ2v) is 7.20. The fourth-order valence-corrected chi connectivity index (χ4v) is 3.98. The second-order valence-electron chi connectivity index (χ2n) is 7.20. The summed E-state index contributed by atoms with van der Waals surface area (Å²) in [4.78, 5) is 27.7. The van der Waals surface area contributed by atoms with Gasteiger partial charge in [-0.2, -0.15) is 0 Å². The Balaban J connectivity index is 1.70. The predicted octanol–water partition coefficient (Wildman–Crippen LogP) is 2.33. The fourth-order valence-electron chi connectivity index (χ4n) is 3.98. The molecule has 148 valence electrons. The van der Waals surface area contributed by atoms with Crippen LogP contribution in [0.3, 0.4) is 0 Å². The van der Waals surface area contributed by atoms with Gasteiger partial charge < -0.3 is 19.9 Å². The van der Waals surface area contributed by atoms with E-state index in [-0.39, 0.29) is 12.7 Å². The molecule has 1 fully saturated rings. The van der Waals surface area contributed by atoms with Crippen molar-refractivity contribution < 1.29 is 28.2 Å². The van der Waals surface area contributed by atoms with E-state index >= 15 is 0 Å². The zero-order valence-electron chi connectivity index (χ0n) is 15.6. The van der Waals surface area contributed by atoms with E-state index in [4.69, 9.17) is 19.9 Å². The summed E-state index contributed by atoms with van der Waals surface area (Å²) in [7, 11) is 0. The Morgan fingerprint density at radius 3 is 2.93 bits per heavy atom. The molecular formula is C20H21FN2O5. The van der Waals surface area contributed by atoms with E-state index < -0.39 is 30.1 Å². The Labute approximate surface area is 161 Å². The van der Waals surface area contributed by atoms with Crippen LogP contribution in [0.15, 0.2) is 18.3 Å². The van der Waals surface area contributed by atoms with Crippen molar-refractivity contribution in [1.82, 2.24) is 4.98 Å². The molecule has 2 N–H and O–H groups in total. The van der Waals surface area contributed by atoms with E-state index in [9.17, 15) is 14.0 Å². The van der Waals surface area contributed by atoms with Gasteiger partial charge in [0.05, 0.1) is 10.9 Å². The minimum absolute atomic E-state index is 0.000461. The molecular weight excluding hydrogens is 367 g/mol. The van der Waals surface area contributed by atoms with Gasteiger partial charge in [-0.25, -0.2) is 14.2 Å². The highest BCUT2D eigenvalue weighted by Crippen LogP contribution is 2.41. The van der Waals surface area contributed by atoms with Crippen molar-refractivity contribution in [3.05, 3.63) is 29.5 Å². The SMILES string of the molecule is CCC1C(COc2nccc3cc(C(N)=O)c4c(c23)CC(C)O4)OC(=O)C1F. The molecule has 0 saturated carbocycles. The number of fused-ring (bicyclic) bond motifs is 3. The molecule has 1 amide bonds. The molecule has 4 rings (SSSR count). The van der Waals surface area contributed by atoms with Crippen LogP contribution in [0.1, 0.15) is 36.2 Å². The number of aromatic nitrogens is 1. The Bertz CT molecular complexity index is 963. The summed E-state index contributed by atoms with van der Waals surface area (Å²) in [6.07, 6.45) is 0.196. The molecule has 0 aliphatic carbocycles. The topological polar surface area (TPSA) is 101 Å². The van der Waals surface area contributed by atoms with Gasteiger partial charge in [-0.15, -0.1) is 0 Å². The van der Waals surface area contributed by atoms with Gasteiger partial charge in [0, 0.05) is 24.1 Å². The minimum atomic E-state index is -1.63. The third kappa shape index (κ3) is 2.93. The number of carbonyl (C=O) groups excluding carboxylic acids is 2. The van der Waals surface area contributed by atoms with E-state index in [1.807, 2.05) is 6.92 Å². The lowest BCUT2D eigenvalue weighted by atomic mass is 9.97. The Kier molecular flexibility index (Phi) is 4.56. The van der Waals surface area contributed by atoms with E-state index in [0.717, 1.165) is 16.3 Å². The molecule has 28 heavy (non-hydrogen) atoms. The lowest BCUT2D eigenvalue weighted by molar-refractivity contribution is -0.145. The highest BCUT2D eigenvalue weighted by atomic mass is 19.1. The smallest absolute Gasteiger partial charge is 0.341 e. The van der Waals surface area contributed by atoms with E-state index in [2.05, 4.69) is 4.98 Å². The maximum absolute atomic E-state index is 13.9. The van der Waals surface area contributed by atoms with Crippen molar-refractivity contribution in [3.63, 3.8) is 0 Å². The van der Waals surface area contributed by atoms with Crippen LogP contribution in [0.4, 0.5) is 4.39 Å². The van der Waals surface area contributed by atoms with Crippen LogP contribution in [0.25, 0.3) is 10.8 Å². The van der Waals surface area contributed by atoms with Crippen molar-refractivity contribution in [3.8, 4) is 11.6 Å². The van der Waals surface area contributed by atoms with Crippen molar-refractivity contribution in [2.24, 2.45) is 11.7 Å². The quantitative estimate of drug-likeness (QED) is 0.789. The third-order valence-electron chi connectivity index (χ3n) is 5.35. The number of alkyl halides is 1. The zero-order valence-corrected chi connectivity index (χ0v) is 15.6. The summed E-state index contributed by atoms with van der Waals surface area (Å²) in [6, 6.07) is 3.42. The molecule has 0 bridgehead atoms. The summed E-state index contributed by atoms with van der Waals surface area (Å²) < 4.78 is 30.7. The van der Waals surface area contributed by atoms with Gasteiger partial charge in [0.25, 0.3) is 5.91 Å². The number of nitrogens with zero attached hydrogens (tertiary/aromatic N) is 1. The number of carbonyl (C=O) groups is 2. The van der Waals surface area contributed by atoms with Gasteiger partial charge >= 0.3 is 5.97 Å². The average Bonchev–Trinajstić information content (AvgIpc) is 3.18. The summed E-state index contributed by atoms with van der Waals surface area (Å²) >= 11 is 0. The number of hydrogen-bond acceptors (Lipinski definition) is 6. The number of esters is 1. The van der Waals surface area contributed by atoms with Crippen LogP contribution in [0, 0.1) is 5.92 Å². The molecule has 0 radical (unpaired) electrons. The minimum Gasteiger partial charge on any atom is -0.489 e. The molecule has 0 spiro atoms. The van der Waals surface area contributed by atoms with E-state index in [0.29, 0.717) is 30.0 Å². The molecule has 3 heterocycles. The first kappa shape index (κ1) is 18.5. The number of nitrogens with two attached hydrogens (primary N) is 1. The molecule has 4 unspecified atom stereocenters. The Hall–Kier alpha value is -2.90. The maximum atomic E-state index is 13.9. The number of hydrogen-bond donors (Lipinski definition) is 1. The lowest BCUT2D eigenvalue weighted by Gasteiger charge is -2.18. The summed E-state index contributed by atoms with van der Waals surface area (Å²) in [5.41, 5.74) is 6.64. The highest BCUT2D eigenvalue weighted by Gasteiger charge is 2.44. The number of ether oxygens (including phenoxy) is 3. The standard InChI is InChI=1S/C20H21FN2O5/c1-3-11-14(28-20(25)16(11)21)8-26-19-15-10(4-5-23-19)7-13(18(22)24)17-12(15)6-9(2)27-17/h4-5,7,9,11,14,16H,3,6,8H2,1-2H3,(H2,22,24). The monoisotopic (exact) mass is 388 g/mol. The molecule has 7 nitrogen and oxygen atoms in total. The van der Waals surface area contributed by atoms with Gasteiger partial charge in [-0.05, 0) is 30.9 Å². The first-order chi connectivity index (χ1) is 13.4. The maximum Gasteiger partial charge on any atom is 0.341 e. The first-order valence-electron chi connectivity index (χ1n) is 9.29. The van der Waals surface area contributed by atoms with Crippen LogP contribution in [-0.4, -0.2) is 41.8 Å². The van der Waals surface area contributed by atoms with Gasteiger partial charge in [-0.1, -0.05) is 6.92 Å². The lowest BCUT2D eigenvalue weighted by Crippen LogP contribution is -2.27. The molecule has 1 aromatic heterocycles. The van der Waals surface area contributed by atoms with Gasteiger partial charge in [-0.3, -0.25) is 4.79 Å². The summed E-state index contributed by atoms with van der Waals surface area (Å²) in [5.74, 6) is -1.17. The summed E-state index contributed by atoms with van der Waals surface area (Å²) in [6.45, 7) is 3.71. The second kappa shape index (κ2) is 6.92. The number of rotatable bonds is 5. The number of halogens is 1. The first-order valence-corrected chi connectivity index (χ1v) is 9.29. The normalized spacial score (nSPS) is 26.0. The molecule has 1 saturated heterocycles. The van der Waals surface area contributed by atoms with Crippen LogP contribution < -0.4 is 15.2 Å². The number of primary amides is 1.